The van der Waals surface area contributed by atoms with Crippen LogP contribution in [0.1, 0.15) is 49.0 Å². The van der Waals surface area contributed by atoms with Crippen molar-refractivity contribution in [3.63, 3.8) is 0 Å². The monoisotopic (exact) mass is 399 g/mol. The molecule has 2 aromatic rings. The average Bonchev–Trinajstić information content (AvgIpc) is 3.46. The first-order chi connectivity index (χ1) is 13.7. The van der Waals surface area contributed by atoms with Crippen molar-refractivity contribution in [1.29, 1.82) is 5.41 Å². The van der Waals surface area contributed by atoms with Crippen molar-refractivity contribution in [2.75, 3.05) is 18.5 Å². The summed E-state index contributed by atoms with van der Waals surface area (Å²) in [5.41, 5.74) is 2.04. The van der Waals surface area contributed by atoms with Crippen LogP contribution in [0.4, 0.5) is 5.69 Å². The maximum absolute atomic E-state index is 9.68. The van der Waals surface area contributed by atoms with E-state index in [1.807, 2.05) is 29.6 Å². The van der Waals surface area contributed by atoms with Crippen LogP contribution in [-0.2, 0) is 6.54 Å². The smallest absolute Gasteiger partial charge is 0.140 e. The van der Waals surface area contributed by atoms with Gasteiger partial charge in [0.15, 0.2) is 0 Å². The molecule has 150 valence electrons. The molecule has 1 aliphatic heterocycles. The van der Waals surface area contributed by atoms with E-state index in [1.165, 1.54) is 12.8 Å². The number of hydrogen-bond donors (Lipinski definition) is 3. The van der Waals surface area contributed by atoms with Gasteiger partial charge in [0.1, 0.15) is 11.6 Å². The van der Waals surface area contributed by atoms with Gasteiger partial charge < -0.3 is 15.2 Å². The molecule has 2 fully saturated rings. The fourth-order valence-corrected chi connectivity index (χ4v) is 4.87. The highest BCUT2D eigenvalue weighted by Crippen LogP contribution is 2.31. The van der Waals surface area contributed by atoms with Crippen LogP contribution in [0.5, 0.6) is 5.75 Å². The van der Waals surface area contributed by atoms with E-state index >= 15 is 0 Å². The van der Waals surface area contributed by atoms with Gasteiger partial charge in [-0.1, -0.05) is 6.07 Å². The number of rotatable bonds is 7. The van der Waals surface area contributed by atoms with Crippen LogP contribution in [0.25, 0.3) is 0 Å². The Hall–Kier alpha value is -1.89. The fraction of sp³-hybridized carbons (Fsp3) is 0.500. The highest BCUT2D eigenvalue weighted by molar-refractivity contribution is 7.12. The minimum Gasteiger partial charge on any atom is -0.490 e. The Morgan fingerprint density at radius 1 is 1.21 bits per heavy atom. The normalized spacial score (nSPS) is 20.5. The summed E-state index contributed by atoms with van der Waals surface area (Å²) in [6.07, 6.45) is 7.25. The van der Waals surface area contributed by atoms with E-state index in [9.17, 15) is 5.11 Å². The van der Waals surface area contributed by atoms with Crippen LogP contribution in [0.15, 0.2) is 35.7 Å². The van der Waals surface area contributed by atoms with E-state index in [-0.39, 0.29) is 12.6 Å². The molecular weight excluding hydrogens is 370 g/mol. The second-order valence-corrected chi connectivity index (χ2v) is 8.72. The molecule has 3 N–H and O–H groups in total. The van der Waals surface area contributed by atoms with E-state index in [4.69, 9.17) is 10.1 Å². The number of amidine groups is 1. The first-order valence-electron chi connectivity index (χ1n) is 10.3. The van der Waals surface area contributed by atoms with Gasteiger partial charge in [-0.2, -0.15) is 0 Å². The van der Waals surface area contributed by atoms with Crippen LogP contribution in [-0.4, -0.2) is 41.1 Å². The topological polar surface area (TPSA) is 68.6 Å². The quantitative estimate of drug-likeness (QED) is 0.475. The number of anilines is 1. The standard InChI is InChI=1S/C22H29N3O2S/c23-22(21-8-4-12-28-21)24-17-9-10-20(27-19-6-1-2-7-19)16(13-17)14-25-11-3-5-18(25)15-26/h4,8-10,12-13,18-19,26H,1-3,5-7,11,14-15H2,(H2,23,24)/t18-/m1/s1. The lowest BCUT2D eigenvalue weighted by molar-refractivity contribution is 0.149. The van der Waals surface area contributed by atoms with Gasteiger partial charge in [-0.3, -0.25) is 10.3 Å². The van der Waals surface area contributed by atoms with Gasteiger partial charge >= 0.3 is 0 Å². The predicted octanol–water partition coefficient (Wildman–Crippen LogP) is 4.46. The molecule has 2 heterocycles. The Morgan fingerprint density at radius 3 is 2.82 bits per heavy atom. The summed E-state index contributed by atoms with van der Waals surface area (Å²) in [5.74, 6) is 1.36. The Bertz CT molecular complexity index is 787. The number of thiophene rings is 1. The van der Waals surface area contributed by atoms with Crippen LogP contribution in [0, 0.1) is 5.41 Å². The maximum Gasteiger partial charge on any atom is 0.140 e. The third-order valence-corrected chi connectivity index (χ3v) is 6.66. The summed E-state index contributed by atoms with van der Waals surface area (Å²) in [7, 11) is 0. The number of aliphatic hydroxyl groups is 1. The molecule has 0 radical (unpaired) electrons. The van der Waals surface area contributed by atoms with Crippen molar-refractivity contribution in [3.05, 3.63) is 46.2 Å². The van der Waals surface area contributed by atoms with Gasteiger partial charge in [0.2, 0.25) is 0 Å². The first-order valence-corrected chi connectivity index (χ1v) is 11.1. The lowest BCUT2D eigenvalue weighted by Crippen LogP contribution is -2.32. The molecule has 5 nitrogen and oxygen atoms in total. The predicted molar refractivity (Wildman–Crippen MR) is 115 cm³/mol. The summed E-state index contributed by atoms with van der Waals surface area (Å²) in [6.45, 7) is 1.99. The van der Waals surface area contributed by atoms with Crippen LogP contribution < -0.4 is 10.1 Å². The zero-order valence-corrected chi connectivity index (χ0v) is 17.0. The van der Waals surface area contributed by atoms with E-state index in [1.54, 1.807) is 11.3 Å². The van der Waals surface area contributed by atoms with Gasteiger partial charge in [0, 0.05) is 23.8 Å². The number of aliphatic hydroxyl groups excluding tert-OH is 1. The van der Waals surface area contributed by atoms with Crippen molar-refractivity contribution in [1.82, 2.24) is 4.90 Å². The first kappa shape index (κ1) is 19.4. The van der Waals surface area contributed by atoms with E-state index < -0.39 is 0 Å². The highest BCUT2D eigenvalue weighted by Gasteiger charge is 2.25. The SMILES string of the molecule is N=C(Nc1ccc(OC2CCCC2)c(CN2CCC[C@@H]2CO)c1)c1cccs1. The molecule has 1 aliphatic carbocycles. The molecule has 1 aromatic heterocycles. The highest BCUT2D eigenvalue weighted by atomic mass is 32.1. The molecule has 4 rings (SSSR count). The average molecular weight is 400 g/mol. The van der Waals surface area contributed by atoms with E-state index in [0.29, 0.717) is 11.9 Å². The minimum absolute atomic E-state index is 0.208. The number of likely N-dealkylation sites (tertiary alicyclic amines) is 1. The number of nitrogens with one attached hydrogen (secondary N) is 2. The lowest BCUT2D eigenvalue weighted by atomic mass is 10.1. The van der Waals surface area contributed by atoms with Crippen molar-refractivity contribution in [2.45, 2.75) is 57.2 Å². The Labute approximate surface area is 170 Å². The zero-order valence-electron chi connectivity index (χ0n) is 16.2. The summed E-state index contributed by atoms with van der Waals surface area (Å²) >= 11 is 1.56. The second kappa shape index (κ2) is 9.07. The van der Waals surface area contributed by atoms with Gasteiger partial charge in [0.05, 0.1) is 17.6 Å². The van der Waals surface area contributed by atoms with Gasteiger partial charge in [-0.05, 0) is 74.7 Å². The molecule has 1 aromatic carbocycles. The van der Waals surface area contributed by atoms with Crippen LogP contribution in [0.3, 0.4) is 0 Å². The summed E-state index contributed by atoms with van der Waals surface area (Å²) < 4.78 is 6.35. The van der Waals surface area contributed by atoms with Crippen LogP contribution in [0.2, 0.25) is 0 Å². The number of ether oxygens (including phenoxy) is 1. The Balaban J connectivity index is 1.54. The Kier molecular flexibility index (Phi) is 6.29. The molecule has 1 saturated heterocycles. The van der Waals surface area contributed by atoms with Gasteiger partial charge in [-0.15, -0.1) is 11.3 Å². The minimum atomic E-state index is 0.208. The molecule has 6 heteroatoms. The summed E-state index contributed by atoms with van der Waals surface area (Å²) in [4.78, 5) is 3.28. The van der Waals surface area contributed by atoms with Gasteiger partial charge in [-0.25, -0.2) is 0 Å². The molecule has 0 bridgehead atoms. The molecule has 0 amide bonds. The molecule has 1 saturated carbocycles. The third-order valence-electron chi connectivity index (χ3n) is 5.78. The van der Waals surface area contributed by atoms with Crippen molar-refractivity contribution < 1.29 is 9.84 Å². The van der Waals surface area contributed by atoms with Gasteiger partial charge in [0.25, 0.3) is 0 Å². The number of benzene rings is 1. The fourth-order valence-electron chi connectivity index (χ4n) is 4.24. The number of hydrogen-bond acceptors (Lipinski definition) is 5. The summed E-state index contributed by atoms with van der Waals surface area (Å²) in [6, 6.07) is 10.3. The van der Waals surface area contributed by atoms with E-state index in [2.05, 4.69) is 16.3 Å². The van der Waals surface area contributed by atoms with Crippen molar-refractivity contribution >= 4 is 22.9 Å². The van der Waals surface area contributed by atoms with Crippen molar-refractivity contribution in [3.8, 4) is 5.75 Å². The van der Waals surface area contributed by atoms with Crippen molar-refractivity contribution in [2.24, 2.45) is 0 Å². The molecule has 0 unspecified atom stereocenters. The summed E-state index contributed by atoms with van der Waals surface area (Å²) in [5, 5.41) is 23.2. The van der Waals surface area contributed by atoms with E-state index in [0.717, 1.165) is 60.7 Å². The van der Waals surface area contributed by atoms with Crippen LogP contribution >= 0.6 is 11.3 Å². The zero-order chi connectivity index (χ0) is 19.3. The molecule has 2 aliphatic rings. The Morgan fingerprint density at radius 2 is 2.07 bits per heavy atom. The molecule has 28 heavy (non-hydrogen) atoms. The lowest BCUT2D eigenvalue weighted by Gasteiger charge is -2.25. The molecule has 0 spiro atoms. The second-order valence-electron chi connectivity index (χ2n) is 7.77. The third kappa shape index (κ3) is 4.57. The molecular formula is C22H29N3O2S. The maximum atomic E-state index is 9.68. The largest absolute Gasteiger partial charge is 0.490 e. The molecule has 1 atom stereocenters. The number of nitrogens with zero attached hydrogens (tertiary/aromatic N) is 1.